The molecule has 3 nitrogen and oxygen atoms in total. The van der Waals surface area contributed by atoms with Gasteiger partial charge in [0.1, 0.15) is 10.7 Å². The molecule has 0 atom stereocenters. The van der Waals surface area contributed by atoms with Crippen LogP contribution in [0.25, 0.3) is 0 Å². The van der Waals surface area contributed by atoms with Crippen LogP contribution in [0.2, 0.25) is 0 Å². The maximum atomic E-state index is 13.3. The van der Waals surface area contributed by atoms with Gasteiger partial charge in [-0.1, -0.05) is 31.3 Å². The lowest BCUT2D eigenvalue weighted by atomic mass is 9.90. The lowest BCUT2D eigenvalue weighted by Crippen LogP contribution is -2.17. The molecule has 106 valence electrons. The van der Waals surface area contributed by atoms with Crippen molar-refractivity contribution in [1.29, 1.82) is 0 Å². The van der Waals surface area contributed by atoms with Crippen molar-refractivity contribution < 1.29 is 9.18 Å². The fraction of sp³-hybridized carbons (Fsp3) is 0.400. The second kappa shape index (κ2) is 5.40. The molecule has 0 unspecified atom stereocenters. The highest BCUT2D eigenvalue weighted by Crippen LogP contribution is 2.27. The number of hydrogen-bond acceptors (Lipinski definition) is 4. The number of hydrogen-bond donors (Lipinski definition) is 0. The SMILES string of the molecule is Cc1ccc(F)cc1CC(=O)c1snnc1C(C)(C)C. The summed E-state index contributed by atoms with van der Waals surface area (Å²) in [5.41, 5.74) is 2.11. The van der Waals surface area contributed by atoms with Crippen LogP contribution in [-0.2, 0) is 11.8 Å². The molecule has 5 heteroatoms. The van der Waals surface area contributed by atoms with Gasteiger partial charge in [0, 0.05) is 11.8 Å². The van der Waals surface area contributed by atoms with E-state index in [0.29, 0.717) is 16.1 Å². The first-order valence-electron chi connectivity index (χ1n) is 6.40. The topological polar surface area (TPSA) is 42.9 Å². The summed E-state index contributed by atoms with van der Waals surface area (Å²) < 4.78 is 17.2. The van der Waals surface area contributed by atoms with Crippen LogP contribution < -0.4 is 0 Å². The summed E-state index contributed by atoms with van der Waals surface area (Å²) >= 11 is 1.11. The molecule has 0 N–H and O–H groups in total. The molecule has 20 heavy (non-hydrogen) atoms. The Labute approximate surface area is 122 Å². The molecule has 0 radical (unpaired) electrons. The highest BCUT2D eigenvalue weighted by atomic mass is 32.1. The monoisotopic (exact) mass is 292 g/mol. The molecule has 1 aromatic heterocycles. The van der Waals surface area contributed by atoms with E-state index in [4.69, 9.17) is 0 Å². The Bertz CT molecular complexity index is 644. The van der Waals surface area contributed by atoms with Gasteiger partial charge < -0.3 is 0 Å². The predicted molar refractivity (Wildman–Crippen MR) is 77.8 cm³/mol. The Morgan fingerprint density at radius 3 is 2.70 bits per heavy atom. The van der Waals surface area contributed by atoms with Crippen LogP contribution in [-0.4, -0.2) is 15.4 Å². The van der Waals surface area contributed by atoms with Gasteiger partial charge in [0.15, 0.2) is 5.78 Å². The van der Waals surface area contributed by atoms with Gasteiger partial charge in [0.25, 0.3) is 0 Å². The summed E-state index contributed by atoms with van der Waals surface area (Å²) in [5, 5.41) is 4.06. The van der Waals surface area contributed by atoms with Crippen LogP contribution in [0.4, 0.5) is 4.39 Å². The van der Waals surface area contributed by atoms with E-state index in [-0.39, 0.29) is 23.4 Å². The highest BCUT2D eigenvalue weighted by molar-refractivity contribution is 7.08. The van der Waals surface area contributed by atoms with E-state index in [0.717, 1.165) is 17.1 Å². The summed E-state index contributed by atoms with van der Waals surface area (Å²) in [6.07, 6.45) is 0.177. The van der Waals surface area contributed by atoms with Crippen LogP contribution >= 0.6 is 11.5 Å². The van der Waals surface area contributed by atoms with Crippen LogP contribution in [0.5, 0.6) is 0 Å². The zero-order valence-electron chi connectivity index (χ0n) is 12.0. The van der Waals surface area contributed by atoms with Crippen molar-refractivity contribution in [3.05, 3.63) is 45.7 Å². The van der Waals surface area contributed by atoms with E-state index in [2.05, 4.69) is 9.59 Å². The second-order valence-corrected chi connectivity index (χ2v) is 6.63. The summed E-state index contributed by atoms with van der Waals surface area (Å²) in [4.78, 5) is 13.0. The van der Waals surface area contributed by atoms with E-state index in [9.17, 15) is 9.18 Å². The van der Waals surface area contributed by atoms with Crippen LogP contribution in [0, 0.1) is 12.7 Å². The van der Waals surface area contributed by atoms with Crippen molar-refractivity contribution in [2.45, 2.75) is 39.5 Å². The lowest BCUT2D eigenvalue weighted by molar-refractivity contribution is 0.0994. The number of ketones is 1. The number of Topliss-reactive ketones (excluding diaryl/α,β-unsaturated/α-hetero) is 1. The molecular weight excluding hydrogens is 275 g/mol. The number of carbonyl (C=O) groups excluding carboxylic acids is 1. The van der Waals surface area contributed by atoms with E-state index < -0.39 is 0 Å². The third kappa shape index (κ3) is 3.10. The minimum atomic E-state index is -0.322. The summed E-state index contributed by atoms with van der Waals surface area (Å²) in [6.45, 7) is 7.85. The third-order valence-corrected chi connectivity index (χ3v) is 3.88. The fourth-order valence-electron chi connectivity index (χ4n) is 1.95. The summed E-state index contributed by atoms with van der Waals surface area (Å²) in [7, 11) is 0. The van der Waals surface area contributed by atoms with Gasteiger partial charge in [-0.25, -0.2) is 4.39 Å². The minimum absolute atomic E-state index is 0.0568. The maximum absolute atomic E-state index is 13.3. The van der Waals surface area contributed by atoms with E-state index >= 15 is 0 Å². The fourth-order valence-corrected chi connectivity index (χ4v) is 2.76. The average molecular weight is 292 g/mol. The second-order valence-electron chi connectivity index (χ2n) is 5.87. The molecule has 1 aromatic carbocycles. The molecule has 0 aliphatic carbocycles. The first-order chi connectivity index (χ1) is 9.29. The Morgan fingerprint density at radius 2 is 2.05 bits per heavy atom. The van der Waals surface area contributed by atoms with Gasteiger partial charge >= 0.3 is 0 Å². The average Bonchev–Trinajstić information content (AvgIpc) is 2.82. The van der Waals surface area contributed by atoms with E-state index in [1.54, 1.807) is 6.07 Å². The lowest BCUT2D eigenvalue weighted by Gasteiger charge is -2.16. The molecule has 2 aromatic rings. The van der Waals surface area contributed by atoms with E-state index in [1.807, 2.05) is 27.7 Å². The van der Waals surface area contributed by atoms with Gasteiger partial charge in [-0.05, 0) is 41.7 Å². The maximum Gasteiger partial charge on any atom is 0.180 e. The third-order valence-electron chi connectivity index (χ3n) is 3.11. The molecule has 0 aliphatic heterocycles. The van der Waals surface area contributed by atoms with Gasteiger partial charge in [0.2, 0.25) is 0 Å². The van der Waals surface area contributed by atoms with Crippen LogP contribution in [0.15, 0.2) is 18.2 Å². The van der Waals surface area contributed by atoms with Gasteiger partial charge in [-0.15, -0.1) is 5.10 Å². The number of benzene rings is 1. The quantitative estimate of drug-likeness (QED) is 0.810. The van der Waals surface area contributed by atoms with Crippen molar-refractivity contribution >= 4 is 17.3 Å². The van der Waals surface area contributed by atoms with Gasteiger partial charge in [0.05, 0.1) is 5.69 Å². The highest BCUT2D eigenvalue weighted by Gasteiger charge is 2.26. The first kappa shape index (κ1) is 14.8. The number of nitrogens with zero attached hydrogens (tertiary/aromatic N) is 2. The Kier molecular flexibility index (Phi) is 3.99. The van der Waals surface area contributed by atoms with Crippen molar-refractivity contribution in [2.24, 2.45) is 0 Å². The summed E-state index contributed by atoms with van der Waals surface area (Å²) in [6, 6.07) is 4.50. The number of halogens is 1. The van der Waals surface area contributed by atoms with Crippen molar-refractivity contribution in [3.63, 3.8) is 0 Å². The van der Waals surface area contributed by atoms with Crippen molar-refractivity contribution in [1.82, 2.24) is 9.59 Å². The van der Waals surface area contributed by atoms with Gasteiger partial charge in [-0.3, -0.25) is 4.79 Å². The Hall–Kier alpha value is -1.62. The molecule has 0 bridgehead atoms. The van der Waals surface area contributed by atoms with Crippen LogP contribution in [0.1, 0.15) is 47.3 Å². The predicted octanol–water partition coefficient (Wildman–Crippen LogP) is 3.71. The number of aryl methyl sites for hydroxylation is 1. The standard InChI is InChI=1S/C15H17FN2OS/c1-9-5-6-11(16)7-10(9)8-12(19)13-14(15(2,3)4)17-18-20-13/h5-7H,8H2,1-4H3. The van der Waals surface area contributed by atoms with Gasteiger partial charge in [-0.2, -0.15) is 0 Å². The number of rotatable bonds is 3. The smallest absolute Gasteiger partial charge is 0.180 e. The zero-order chi connectivity index (χ0) is 14.9. The molecule has 1 heterocycles. The minimum Gasteiger partial charge on any atom is -0.293 e. The molecule has 0 saturated heterocycles. The molecular formula is C15H17FN2OS. The molecule has 0 fully saturated rings. The number of aromatic nitrogens is 2. The molecule has 0 saturated carbocycles. The van der Waals surface area contributed by atoms with Crippen molar-refractivity contribution in [3.8, 4) is 0 Å². The van der Waals surface area contributed by atoms with Crippen LogP contribution in [0.3, 0.4) is 0 Å². The Balaban J connectivity index is 2.30. The van der Waals surface area contributed by atoms with E-state index in [1.165, 1.54) is 12.1 Å². The normalized spacial score (nSPS) is 11.7. The Morgan fingerprint density at radius 1 is 1.35 bits per heavy atom. The first-order valence-corrected chi connectivity index (χ1v) is 7.17. The molecule has 0 spiro atoms. The zero-order valence-corrected chi connectivity index (χ0v) is 12.8. The summed E-state index contributed by atoms with van der Waals surface area (Å²) in [5.74, 6) is -0.379. The largest absolute Gasteiger partial charge is 0.293 e. The molecule has 0 amide bonds. The molecule has 2 rings (SSSR count). The number of carbonyl (C=O) groups is 1. The molecule has 0 aliphatic rings. The van der Waals surface area contributed by atoms with Crippen molar-refractivity contribution in [2.75, 3.05) is 0 Å².